The first-order valence-corrected chi connectivity index (χ1v) is 9.44. The molecule has 0 atom stereocenters. The van der Waals surface area contributed by atoms with E-state index >= 15 is 0 Å². The molecular formula is C10H18N12S2. The molecule has 3 aromatic rings. The second-order valence-corrected chi connectivity index (χ2v) is 6.33. The highest BCUT2D eigenvalue weighted by Crippen LogP contribution is 2.33. The summed E-state index contributed by atoms with van der Waals surface area (Å²) in [6.07, 6.45) is 0. The molecule has 24 heavy (non-hydrogen) atoms. The summed E-state index contributed by atoms with van der Waals surface area (Å²) in [4.78, 5) is 0. The fraction of sp³-hybridized carbons (Fsp3) is 0.700. The van der Waals surface area contributed by atoms with Crippen LogP contribution < -0.4 is 0 Å². The predicted molar refractivity (Wildman–Crippen MR) is 86.9 cm³/mol. The summed E-state index contributed by atoms with van der Waals surface area (Å²) in [6.45, 7) is 10.2. The molecule has 3 rings (SSSR count). The van der Waals surface area contributed by atoms with E-state index in [-0.39, 0.29) is 0 Å². The summed E-state index contributed by atoms with van der Waals surface area (Å²) in [5.41, 5.74) is 0. The average molecular weight is 370 g/mol. The molecule has 0 aliphatic heterocycles. The maximum atomic E-state index is 3.91. The van der Waals surface area contributed by atoms with Gasteiger partial charge >= 0.3 is 0 Å². The van der Waals surface area contributed by atoms with E-state index in [9.17, 15) is 0 Å². The number of tetrazole rings is 3. The van der Waals surface area contributed by atoms with Crippen molar-refractivity contribution >= 4 is 21.6 Å². The van der Waals surface area contributed by atoms with E-state index in [4.69, 9.17) is 0 Å². The fourth-order valence-electron chi connectivity index (χ4n) is 1.53. The van der Waals surface area contributed by atoms with Crippen molar-refractivity contribution in [1.29, 1.82) is 0 Å². The van der Waals surface area contributed by atoms with Crippen molar-refractivity contribution < 1.29 is 0 Å². The van der Waals surface area contributed by atoms with Gasteiger partial charge in [0.15, 0.2) is 0 Å². The van der Waals surface area contributed by atoms with Crippen LogP contribution in [-0.2, 0) is 19.6 Å². The summed E-state index contributed by atoms with van der Waals surface area (Å²) in [7, 11) is 2.89. The molecule has 14 heteroatoms. The van der Waals surface area contributed by atoms with Crippen molar-refractivity contribution in [2.45, 2.75) is 57.6 Å². The number of hydrogen-bond donors (Lipinski definition) is 0. The maximum absolute atomic E-state index is 3.91. The van der Waals surface area contributed by atoms with E-state index in [1.807, 2.05) is 27.7 Å². The van der Waals surface area contributed by atoms with E-state index < -0.39 is 0 Å². The Morgan fingerprint density at radius 2 is 1.08 bits per heavy atom. The summed E-state index contributed by atoms with van der Waals surface area (Å²) in [5.74, 6) is 0.868. The van der Waals surface area contributed by atoms with Gasteiger partial charge in [0, 0.05) is 19.6 Å². The van der Waals surface area contributed by atoms with Crippen molar-refractivity contribution in [3.05, 3.63) is 5.82 Å². The van der Waals surface area contributed by atoms with Gasteiger partial charge in [-0.25, -0.2) is 14.0 Å². The third-order valence-electron chi connectivity index (χ3n) is 2.80. The van der Waals surface area contributed by atoms with Gasteiger partial charge in [0.1, 0.15) is 5.82 Å². The fourth-order valence-corrected chi connectivity index (χ4v) is 3.48. The molecule has 0 amide bonds. The van der Waals surface area contributed by atoms with Crippen LogP contribution in [0.5, 0.6) is 0 Å². The summed E-state index contributed by atoms with van der Waals surface area (Å²) in [5, 5.41) is 35.0. The highest BCUT2D eigenvalue weighted by atomic mass is 33.1. The van der Waals surface area contributed by atoms with Gasteiger partial charge in [0.2, 0.25) is 10.3 Å². The Labute approximate surface area is 146 Å². The summed E-state index contributed by atoms with van der Waals surface area (Å²) < 4.78 is 5.18. The number of nitrogens with zero attached hydrogens (tertiary/aromatic N) is 12. The first-order valence-electron chi connectivity index (χ1n) is 7.29. The van der Waals surface area contributed by atoms with Crippen LogP contribution in [-0.4, -0.2) is 60.6 Å². The third kappa shape index (κ3) is 4.70. The van der Waals surface area contributed by atoms with Crippen molar-refractivity contribution in [1.82, 2.24) is 60.6 Å². The first kappa shape index (κ1) is 18.3. The van der Waals surface area contributed by atoms with Crippen LogP contribution in [0.3, 0.4) is 0 Å². The van der Waals surface area contributed by atoms with Gasteiger partial charge in [-0.3, -0.25) is 0 Å². The van der Waals surface area contributed by atoms with Crippen molar-refractivity contribution in [2.75, 3.05) is 0 Å². The van der Waals surface area contributed by atoms with Crippen molar-refractivity contribution in [3.63, 3.8) is 0 Å². The van der Waals surface area contributed by atoms with Crippen LogP contribution in [0.2, 0.25) is 0 Å². The van der Waals surface area contributed by atoms with Crippen LogP contribution in [0.1, 0.15) is 26.6 Å². The van der Waals surface area contributed by atoms with Crippen molar-refractivity contribution in [3.8, 4) is 0 Å². The van der Waals surface area contributed by atoms with E-state index in [0.29, 0.717) is 0 Å². The van der Waals surface area contributed by atoms with Crippen molar-refractivity contribution in [2.24, 2.45) is 0 Å². The molecule has 0 fully saturated rings. The molecule has 0 bridgehead atoms. The summed E-state index contributed by atoms with van der Waals surface area (Å²) in [6, 6.07) is 0. The van der Waals surface area contributed by atoms with E-state index in [1.54, 1.807) is 14.0 Å². The van der Waals surface area contributed by atoms with Crippen LogP contribution in [0.25, 0.3) is 0 Å². The quantitative estimate of drug-likeness (QED) is 0.562. The minimum absolute atomic E-state index is 0.745. The zero-order valence-corrected chi connectivity index (χ0v) is 15.4. The largest absolute Gasteiger partial charge is 0.230 e. The SMILES string of the molecule is CCn1nnnc1C.CCn1nnnc1SSc1nnnn1CC. The van der Waals surface area contributed by atoms with E-state index in [1.165, 1.54) is 21.6 Å². The van der Waals surface area contributed by atoms with Gasteiger partial charge in [0.25, 0.3) is 0 Å². The topological polar surface area (TPSA) is 131 Å². The monoisotopic (exact) mass is 370 g/mol. The summed E-state index contributed by atoms with van der Waals surface area (Å²) >= 11 is 0. The first-order chi connectivity index (χ1) is 11.7. The molecule has 130 valence electrons. The minimum atomic E-state index is 0.745. The molecule has 0 spiro atoms. The van der Waals surface area contributed by atoms with Gasteiger partial charge in [-0.1, -0.05) is 0 Å². The highest BCUT2D eigenvalue weighted by Gasteiger charge is 2.10. The number of hydrogen-bond acceptors (Lipinski definition) is 11. The van der Waals surface area contributed by atoms with Crippen LogP contribution >= 0.6 is 21.6 Å². The van der Waals surface area contributed by atoms with Gasteiger partial charge in [0.05, 0.1) is 0 Å². The maximum Gasteiger partial charge on any atom is 0.220 e. The number of aromatic nitrogens is 12. The van der Waals surface area contributed by atoms with E-state index in [0.717, 1.165) is 35.8 Å². The molecule has 3 aromatic heterocycles. The number of rotatable bonds is 6. The minimum Gasteiger partial charge on any atom is -0.230 e. The molecule has 0 saturated carbocycles. The Morgan fingerprint density at radius 1 is 0.667 bits per heavy atom. The molecule has 0 aliphatic rings. The van der Waals surface area contributed by atoms with Gasteiger partial charge < -0.3 is 0 Å². The highest BCUT2D eigenvalue weighted by molar-refractivity contribution is 8.76. The lowest BCUT2D eigenvalue weighted by Crippen LogP contribution is -1.99. The van der Waals surface area contributed by atoms with Crippen LogP contribution in [0.15, 0.2) is 10.3 Å². The average Bonchev–Trinajstić information content (AvgIpc) is 3.33. The third-order valence-corrected chi connectivity index (χ3v) is 4.91. The van der Waals surface area contributed by atoms with Crippen LogP contribution in [0, 0.1) is 6.92 Å². The second kappa shape index (κ2) is 9.27. The second-order valence-electron chi connectivity index (χ2n) is 4.26. The molecule has 0 unspecified atom stereocenters. The van der Waals surface area contributed by atoms with Crippen LogP contribution in [0.4, 0.5) is 0 Å². The van der Waals surface area contributed by atoms with Gasteiger partial charge in [-0.2, -0.15) is 0 Å². The Balaban J connectivity index is 0.000000219. The normalized spacial score (nSPS) is 10.5. The molecule has 0 N–H and O–H groups in total. The van der Waals surface area contributed by atoms with E-state index in [2.05, 4.69) is 46.6 Å². The zero-order chi connectivity index (χ0) is 17.4. The molecule has 0 aromatic carbocycles. The zero-order valence-electron chi connectivity index (χ0n) is 13.8. The number of aryl methyl sites for hydroxylation is 4. The van der Waals surface area contributed by atoms with Gasteiger partial charge in [-0.05, 0) is 80.6 Å². The smallest absolute Gasteiger partial charge is 0.220 e. The molecule has 3 heterocycles. The standard InChI is InChI=1S/C6H10N8S2.C4H8N4/c1-3-13-5(7-9-11-13)15-16-6-8-10-12-14(6)4-2;1-3-8-4(2)5-6-7-8/h3-4H2,1-2H3;3H2,1-2H3. The Kier molecular flexibility index (Phi) is 7.05. The van der Waals surface area contributed by atoms with Gasteiger partial charge in [-0.15, -0.1) is 15.3 Å². The lowest BCUT2D eigenvalue weighted by molar-refractivity contribution is 0.580. The molecule has 12 nitrogen and oxygen atoms in total. The molecular weight excluding hydrogens is 352 g/mol. The Morgan fingerprint density at radius 3 is 1.42 bits per heavy atom. The lowest BCUT2D eigenvalue weighted by Gasteiger charge is -2.00. The molecule has 0 saturated heterocycles. The Bertz CT molecular complexity index is 691. The predicted octanol–water partition coefficient (Wildman–Crippen LogP) is 0.500. The Hall–Kier alpha value is -2.09. The molecule has 0 aliphatic carbocycles. The lowest BCUT2D eigenvalue weighted by atomic mass is 10.6. The molecule has 0 radical (unpaired) electrons.